The molecule has 11 heteroatoms. The Kier molecular flexibility index (Phi) is 6.94. The molecule has 34 heavy (non-hydrogen) atoms. The minimum Gasteiger partial charge on any atom is -0.444 e. The van der Waals surface area contributed by atoms with Gasteiger partial charge in [-0.1, -0.05) is 41.7 Å². The lowest BCUT2D eigenvalue weighted by Crippen LogP contribution is -2.49. The molecule has 2 aromatic heterocycles. The topological polar surface area (TPSA) is 105 Å². The predicted octanol–water partition coefficient (Wildman–Crippen LogP) is 4.35. The molecule has 1 aliphatic heterocycles. The second kappa shape index (κ2) is 9.75. The Hall–Kier alpha value is -2.92. The number of carbonyl (C=O) groups is 3. The van der Waals surface area contributed by atoms with E-state index in [4.69, 9.17) is 4.74 Å². The number of nitrogens with zero attached hydrogens (tertiary/aromatic N) is 3. The van der Waals surface area contributed by atoms with Crippen molar-refractivity contribution in [3.63, 3.8) is 0 Å². The number of aromatic nitrogens is 2. The molecule has 180 valence electrons. The lowest BCUT2D eigenvalue weighted by molar-refractivity contribution is -0.138. The van der Waals surface area contributed by atoms with Crippen LogP contribution in [0.15, 0.2) is 46.5 Å². The van der Waals surface area contributed by atoms with Crippen LogP contribution in [-0.2, 0) is 14.3 Å². The number of thiazole rings is 1. The predicted molar refractivity (Wildman–Crippen MR) is 133 cm³/mol. The van der Waals surface area contributed by atoms with Gasteiger partial charge in [-0.2, -0.15) is 0 Å². The molecule has 3 heterocycles. The van der Waals surface area contributed by atoms with E-state index in [0.717, 1.165) is 8.75 Å². The highest BCUT2D eigenvalue weighted by Gasteiger charge is 2.39. The van der Waals surface area contributed by atoms with Crippen LogP contribution in [0, 0.1) is 0 Å². The number of halogens is 1. The van der Waals surface area contributed by atoms with E-state index in [0.29, 0.717) is 30.8 Å². The zero-order chi connectivity index (χ0) is 24.5. The summed E-state index contributed by atoms with van der Waals surface area (Å²) in [7, 11) is 0. The molecule has 1 saturated heterocycles. The van der Waals surface area contributed by atoms with Crippen molar-refractivity contribution in [2.45, 2.75) is 51.3 Å². The third-order valence-electron chi connectivity index (χ3n) is 5.26. The number of carbonyl (C=O) groups excluding carboxylic acids is 3. The first-order valence-corrected chi connectivity index (χ1v) is 12.5. The molecule has 0 spiro atoms. The van der Waals surface area contributed by atoms with Gasteiger partial charge >= 0.3 is 6.09 Å². The fourth-order valence-corrected chi connectivity index (χ4v) is 5.22. The SMILES string of the molecule is CC(C)(C)OC(=O)N[C@H](C(=O)N1CCC[C@H]1C(=O)Nc1cn2cc(Br)sc2n1)c1ccccc1. The van der Waals surface area contributed by atoms with Crippen molar-refractivity contribution in [3.05, 3.63) is 52.1 Å². The highest BCUT2D eigenvalue weighted by molar-refractivity contribution is 9.11. The summed E-state index contributed by atoms with van der Waals surface area (Å²) in [5.41, 5.74) is -0.0949. The number of nitrogens with one attached hydrogen (secondary N) is 2. The number of hydrogen-bond acceptors (Lipinski definition) is 6. The number of benzene rings is 1. The van der Waals surface area contributed by atoms with Gasteiger partial charge in [0.2, 0.25) is 5.91 Å². The van der Waals surface area contributed by atoms with E-state index in [1.807, 2.05) is 16.7 Å². The van der Waals surface area contributed by atoms with Crippen molar-refractivity contribution in [3.8, 4) is 0 Å². The first kappa shape index (κ1) is 24.2. The molecule has 0 saturated carbocycles. The Morgan fingerprint density at radius 2 is 1.94 bits per heavy atom. The Labute approximate surface area is 209 Å². The summed E-state index contributed by atoms with van der Waals surface area (Å²) < 4.78 is 8.12. The van der Waals surface area contributed by atoms with Crippen LogP contribution in [0.3, 0.4) is 0 Å². The molecule has 9 nitrogen and oxygen atoms in total. The quantitative estimate of drug-likeness (QED) is 0.493. The minimum atomic E-state index is -0.972. The number of rotatable bonds is 5. The fraction of sp³-hybridized carbons (Fsp3) is 0.391. The zero-order valence-corrected chi connectivity index (χ0v) is 21.5. The standard InChI is InChI=1S/C23H26BrN5O4S/c1-23(2,3)33-22(32)27-18(14-8-5-4-6-9-14)20(31)29-11-7-10-15(29)19(30)25-17-13-28-12-16(24)34-21(28)26-17/h4-6,8-9,12-13,15,18H,7,10-11H2,1-3H3,(H,25,30)(H,27,32)/t15-,18-/m0/s1. The number of imidazole rings is 1. The fourth-order valence-electron chi connectivity index (χ4n) is 3.86. The van der Waals surface area contributed by atoms with Crippen LogP contribution in [0.1, 0.15) is 45.2 Å². The average Bonchev–Trinajstić information content (AvgIpc) is 3.45. The van der Waals surface area contributed by atoms with Crippen LogP contribution in [0.2, 0.25) is 0 Å². The minimum absolute atomic E-state index is 0.306. The summed E-state index contributed by atoms with van der Waals surface area (Å²) >= 11 is 4.86. The molecule has 3 aromatic rings. The van der Waals surface area contributed by atoms with Crippen LogP contribution in [0.4, 0.5) is 10.6 Å². The number of fused-ring (bicyclic) bond motifs is 1. The van der Waals surface area contributed by atoms with Crippen molar-refractivity contribution in [1.29, 1.82) is 0 Å². The summed E-state index contributed by atoms with van der Waals surface area (Å²) in [6.45, 7) is 5.68. The number of anilines is 1. The monoisotopic (exact) mass is 547 g/mol. The van der Waals surface area contributed by atoms with E-state index in [1.165, 1.54) is 16.2 Å². The number of likely N-dealkylation sites (tertiary alicyclic amines) is 1. The van der Waals surface area contributed by atoms with Crippen LogP contribution in [0.25, 0.3) is 4.96 Å². The van der Waals surface area contributed by atoms with E-state index in [1.54, 1.807) is 51.2 Å². The Bertz CT molecular complexity index is 1170. The molecule has 0 bridgehead atoms. The van der Waals surface area contributed by atoms with Gasteiger partial charge in [0.15, 0.2) is 10.8 Å². The normalized spacial score (nSPS) is 16.9. The van der Waals surface area contributed by atoms with Crippen LogP contribution in [0.5, 0.6) is 0 Å². The lowest BCUT2D eigenvalue weighted by Gasteiger charge is -2.29. The van der Waals surface area contributed by atoms with Gasteiger partial charge in [-0.15, -0.1) is 0 Å². The first-order chi connectivity index (χ1) is 16.1. The summed E-state index contributed by atoms with van der Waals surface area (Å²) in [5.74, 6) is -0.237. The van der Waals surface area contributed by atoms with Crippen LogP contribution in [-0.4, -0.2) is 50.4 Å². The number of ether oxygens (including phenoxy) is 1. The zero-order valence-electron chi connectivity index (χ0n) is 19.1. The third-order valence-corrected chi connectivity index (χ3v) is 6.73. The second-order valence-electron chi connectivity index (χ2n) is 9.02. The van der Waals surface area contributed by atoms with Gasteiger partial charge in [-0.3, -0.25) is 14.0 Å². The number of alkyl carbamates (subject to hydrolysis) is 1. The maximum Gasteiger partial charge on any atom is 0.408 e. The molecule has 1 aromatic carbocycles. The van der Waals surface area contributed by atoms with Gasteiger partial charge in [0.05, 0.1) is 9.98 Å². The molecular formula is C23H26BrN5O4S. The smallest absolute Gasteiger partial charge is 0.408 e. The molecule has 0 aliphatic carbocycles. The maximum absolute atomic E-state index is 13.6. The van der Waals surface area contributed by atoms with Gasteiger partial charge in [-0.25, -0.2) is 9.78 Å². The van der Waals surface area contributed by atoms with Crippen LogP contribution < -0.4 is 10.6 Å². The Morgan fingerprint density at radius 3 is 2.62 bits per heavy atom. The summed E-state index contributed by atoms with van der Waals surface area (Å²) in [4.78, 5) is 45.9. The van der Waals surface area contributed by atoms with Gasteiger partial charge in [-0.05, 0) is 55.1 Å². The highest BCUT2D eigenvalue weighted by atomic mass is 79.9. The molecule has 0 unspecified atom stereocenters. The molecule has 1 fully saturated rings. The van der Waals surface area contributed by atoms with Gasteiger partial charge in [0.1, 0.15) is 17.7 Å². The van der Waals surface area contributed by atoms with Crippen LogP contribution >= 0.6 is 27.3 Å². The summed E-state index contributed by atoms with van der Waals surface area (Å²) in [5, 5.41) is 5.52. The lowest BCUT2D eigenvalue weighted by atomic mass is 10.0. The molecule has 4 rings (SSSR count). The van der Waals surface area contributed by atoms with E-state index < -0.39 is 23.8 Å². The molecule has 3 amide bonds. The largest absolute Gasteiger partial charge is 0.444 e. The average molecular weight is 548 g/mol. The summed E-state index contributed by atoms with van der Waals surface area (Å²) in [6, 6.07) is 7.32. The molecule has 2 atom stereocenters. The Morgan fingerprint density at radius 1 is 1.21 bits per heavy atom. The van der Waals surface area contributed by atoms with E-state index >= 15 is 0 Å². The van der Waals surface area contributed by atoms with E-state index in [2.05, 4.69) is 31.5 Å². The van der Waals surface area contributed by atoms with Crippen molar-refractivity contribution in [1.82, 2.24) is 19.6 Å². The van der Waals surface area contributed by atoms with E-state index in [-0.39, 0.29) is 11.8 Å². The van der Waals surface area contributed by atoms with Crippen molar-refractivity contribution < 1.29 is 19.1 Å². The van der Waals surface area contributed by atoms with Gasteiger partial charge in [0, 0.05) is 12.7 Å². The second-order valence-corrected chi connectivity index (χ2v) is 11.4. The van der Waals surface area contributed by atoms with Gasteiger partial charge in [0.25, 0.3) is 5.91 Å². The molecule has 1 aliphatic rings. The molecular weight excluding hydrogens is 522 g/mol. The van der Waals surface area contributed by atoms with Crippen molar-refractivity contribution in [2.24, 2.45) is 0 Å². The maximum atomic E-state index is 13.6. The van der Waals surface area contributed by atoms with E-state index in [9.17, 15) is 14.4 Å². The van der Waals surface area contributed by atoms with Crippen molar-refractivity contribution >= 4 is 56.0 Å². The van der Waals surface area contributed by atoms with Crippen molar-refractivity contribution in [2.75, 3.05) is 11.9 Å². The highest BCUT2D eigenvalue weighted by Crippen LogP contribution is 2.27. The Balaban J connectivity index is 1.51. The van der Waals surface area contributed by atoms with Gasteiger partial charge < -0.3 is 20.3 Å². The number of amides is 3. The summed E-state index contributed by atoms with van der Waals surface area (Å²) in [6.07, 6.45) is 4.11. The third kappa shape index (κ3) is 5.58. The molecule has 0 radical (unpaired) electrons. The first-order valence-electron chi connectivity index (χ1n) is 10.9. The number of hydrogen-bond donors (Lipinski definition) is 2. The molecule has 2 N–H and O–H groups in total.